The zero-order chi connectivity index (χ0) is 18.0. The summed E-state index contributed by atoms with van der Waals surface area (Å²) in [6.45, 7) is 2.55. The van der Waals surface area contributed by atoms with Gasteiger partial charge in [0.1, 0.15) is 5.54 Å². The number of rotatable bonds is 3. The number of pyridine rings is 1. The first-order chi connectivity index (χ1) is 12.0. The van der Waals surface area contributed by atoms with E-state index in [-0.39, 0.29) is 11.8 Å². The Kier molecular flexibility index (Phi) is 4.57. The van der Waals surface area contributed by atoms with E-state index in [4.69, 9.17) is 0 Å². The Morgan fingerprint density at radius 3 is 2.32 bits per heavy atom. The molecule has 0 radical (unpaired) electrons. The van der Waals surface area contributed by atoms with Crippen molar-refractivity contribution in [3.05, 3.63) is 65.5 Å². The summed E-state index contributed by atoms with van der Waals surface area (Å²) in [7, 11) is 3.47. The molecule has 0 aliphatic carbocycles. The molecule has 1 unspecified atom stereocenters. The molecule has 2 heterocycles. The fraction of sp³-hybridized carbons (Fsp3) is 0.350. The van der Waals surface area contributed by atoms with E-state index >= 15 is 0 Å². The molecule has 0 N–H and O–H groups in total. The van der Waals surface area contributed by atoms with E-state index in [0.717, 1.165) is 17.5 Å². The number of aryl methyl sites for hydroxylation is 1. The SMILES string of the molecule is Cc1ccc(C(=O)N2CCCC2(C(=O)N(C)C)c2ccncc2)cc1. The van der Waals surface area contributed by atoms with E-state index in [1.54, 1.807) is 36.3 Å². The normalized spacial score (nSPS) is 19.7. The molecule has 0 saturated carbocycles. The van der Waals surface area contributed by atoms with Crippen LogP contribution in [0.15, 0.2) is 48.8 Å². The number of carbonyl (C=O) groups excluding carboxylic acids is 2. The van der Waals surface area contributed by atoms with Gasteiger partial charge in [-0.3, -0.25) is 14.6 Å². The molecule has 0 spiro atoms. The zero-order valence-electron chi connectivity index (χ0n) is 14.9. The van der Waals surface area contributed by atoms with Gasteiger partial charge in [-0.15, -0.1) is 0 Å². The van der Waals surface area contributed by atoms with Crippen molar-refractivity contribution >= 4 is 11.8 Å². The van der Waals surface area contributed by atoms with Gasteiger partial charge in [-0.1, -0.05) is 17.7 Å². The van der Waals surface area contributed by atoms with Crippen LogP contribution in [0.4, 0.5) is 0 Å². The Balaban J connectivity index is 2.09. The fourth-order valence-corrected chi connectivity index (χ4v) is 3.59. The molecule has 2 amide bonds. The maximum atomic E-state index is 13.2. The third-order valence-corrected chi connectivity index (χ3v) is 4.84. The molecule has 1 aliphatic rings. The molecule has 5 heteroatoms. The number of carbonyl (C=O) groups is 2. The standard InChI is InChI=1S/C20H23N3O2/c1-15-5-7-16(8-6-15)18(24)23-14-4-11-20(23,19(25)22(2)3)17-9-12-21-13-10-17/h5-10,12-13H,4,11,14H2,1-3H3. The highest BCUT2D eigenvalue weighted by Crippen LogP contribution is 2.41. The van der Waals surface area contributed by atoms with Gasteiger partial charge in [0.15, 0.2) is 0 Å². The molecule has 1 saturated heterocycles. The van der Waals surface area contributed by atoms with Gasteiger partial charge in [0.25, 0.3) is 11.8 Å². The van der Waals surface area contributed by atoms with E-state index in [1.807, 2.05) is 43.3 Å². The average Bonchev–Trinajstić information content (AvgIpc) is 3.07. The Bertz CT molecular complexity index is 771. The minimum atomic E-state index is -0.964. The summed E-state index contributed by atoms with van der Waals surface area (Å²) in [5, 5.41) is 0. The quantitative estimate of drug-likeness (QED) is 0.865. The lowest BCUT2D eigenvalue weighted by Gasteiger charge is -2.39. The average molecular weight is 337 g/mol. The number of hydrogen-bond donors (Lipinski definition) is 0. The molecular formula is C20H23N3O2. The number of likely N-dealkylation sites (N-methyl/N-ethyl adjacent to an activating group) is 1. The molecule has 1 aliphatic heterocycles. The minimum Gasteiger partial charge on any atom is -0.346 e. The van der Waals surface area contributed by atoms with Gasteiger partial charge in [-0.25, -0.2) is 0 Å². The second-order valence-electron chi connectivity index (χ2n) is 6.72. The lowest BCUT2D eigenvalue weighted by molar-refractivity contribution is -0.139. The van der Waals surface area contributed by atoms with Crippen molar-refractivity contribution in [1.82, 2.24) is 14.8 Å². The molecule has 1 aromatic heterocycles. The number of benzene rings is 1. The third kappa shape index (κ3) is 2.90. The van der Waals surface area contributed by atoms with Gasteiger partial charge < -0.3 is 9.80 Å². The maximum Gasteiger partial charge on any atom is 0.255 e. The first-order valence-electron chi connectivity index (χ1n) is 8.48. The second kappa shape index (κ2) is 6.67. The van der Waals surface area contributed by atoms with Crippen molar-refractivity contribution in [3.8, 4) is 0 Å². The van der Waals surface area contributed by atoms with Crippen molar-refractivity contribution in [2.45, 2.75) is 25.3 Å². The second-order valence-corrected chi connectivity index (χ2v) is 6.72. The van der Waals surface area contributed by atoms with Crippen LogP contribution in [0, 0.1) is 6.92 Å². The van der Waals surface area contributed by atoms with Gasteiger partial charge >= 0.3 is 0 Å². The number of nitrogens with zero attached hydrogens (tertiary/aromatic N) is 3. The summed E-state index contributed by atoms with van der Waals surface area (Å²) in [5.74, 6) is -0.179. The molecule has 5 nitrogen and oxygen atoms in total. The zero-order valence-corrected chi connectivity index (χ0v) is 14.9. The van der Waals surface area contributed by atoms with Gasteiger partial charge in [0.2, 0.25) is 0 Å². The van der Waals surface area contributed by atoms with Crippen LogP contribution in [0.2, 0.25) is 0 Å². The van der Waals surface area contributed by atoms with Crippen LogP contribution in [-0.4, -0.2) is 47.2 Å². The molecule has 130 valence electrons. The Hall–Kier alpha value is -2.69. The van der Waals surface area contributed by atoms with Crippen LogP contribution in [-0.2, 0) is 10.3 Å². The fourth-order valence-electron chi connectivity index (χ4n) is 3.59. The molecule has 2 aromatic rings. The van der Waals surface area contributed by atoms with Crippen molar-refractivity contribution < 1.29 is 9.59 Å². The highest BCUT2D eigenvalue weighted by molar-refractivity contribution is 6.00. The molecule has 0 bridgehead atoms. The van der Waals surface area contributed by atoms with Crippen molar-refractivity contribution in [2.75, 3.05) is 20.6 Å². The van der Waals surface area contributed by atoms with Crippen molar-refractivity contribution in [2.24, 2.45) is 0 Å². The molecule has 3 rings (SSSR count). The topological polar surface area (TPSA) is 53.5 Å². The first-order valence-corrected chi connectivity index (χ1v) is 8.48. The van der Waals surface area contributed by atoms with E-state index in [9.17, 15) is 9.59 Å². The van der Waals surface area contributed by atoms with E-state index in [1.165, 1.54) is 0 Å². The van der Waals surface area contributed by atoms with Crippen molar-refractivity contribution in [1.29, 1.82) is 0 Å². The van der Waals surface area contributed by atoms with E-state index in [0.29, 0.717) is 18.5 Å². The molecule has 1 atom stereocenters. The van der Waals surface area contributed by atoms with Crippen molar-refractivity contribution in [3.63, 3.8) is 0 Å². The maximum absolute atomic E-state index is 13.2. The van der Waals surface area contributed by atoms with Crippen LogP contribution in [0.1, 0.15) is 34.3 Å². The van der Waals surface area contributed by atoms with E-state index in [2.05, 4.69) is 4.98 Å². The molecular weight excluding hydrogens is 314 g/mol. The number of likely N-dealkylation sites (tertiary alicyclic amines) is 1. The van der Waals surface area contributed by atoms with Gasteiger partial charge in [-0.2, -0.15) is 0 Å². The van der Waals surface area contributed by atoms with Gasteiger partial charge in [-0.05, 0) is 49.6 Å². The summed E-state index contributed by atoms with van der Waals surface area (Å²) < 4.78 is 0. The van der Waals surface area contributed by atoms with Gasteiger partial charge in [0.05, 0.1) is 0 Å². The minimum absolute atomic E-state index is 0.0725. The third-order valence-electron chi connectivity index (χ3n) is 4.84. The highest BCUT2D eigenvalue weighted by Gasteiger charge is 2.51. The molecule has 1 fully saturated rings. The Morgan fingerprint density at radius 2 is 1.72 bits per heavy atom. The molecule has 25 heavy (non-hydrogen) atoms. The number of aromatic nitrogens is 1. The first kappa shape index (κ1) is 17.1. The predicted octanol–water partition coefficient (Wildman–Crippen LogP) is 2.61. The lowest BCUT2D eigenvalue weighted by Crippen LogP contribution is -2.54. The predicted molar refractivity (Wildman–Crippen MR) is 96.1 cm³/mol. The van der Waals surface area contributed by atoms with Gasteiger partial charge in [0, 0.05) is 38.6 Å². The largest absolute Gasteiger partial charge is 0.346 e. The summed E-state index contributed by atoms with van der Waals surface area (Å²) in [6.07, 6.45) is 4.75. The van der Waals surface area contributed by atoms with Crippen LogP contribution in [0.25, 0.3) is 0 Å². The summed E-state index contributed by atoms with van der Waals surface area (Å²) in [4.78, 5) is 33.8. The van der Waals surface area contributed by atoms with Crippen LogP contribution in [0.5, 0.6) is 0 Å². The number of amides is 2. The molecule has 1 aromatic carbocycles. The lowest BCUT2D eigenvalue weighted by atomic mass is 9.85. The highest BCUT2D eigenvalue weighted by atomic mass is 16.2. The summed E-state index contributed by atoms with van der Waals surface area (Å²) in [5.41, 5.74) is 1.56. The smallest absolute Gasteiger partial charge is 0.255 e. The van der Waals surface area contributed by atoms with Crippen LogP contribution >= 0.6 is 0 Å². The number of hydrogen-bond acceptors (Lipinski definition) is 3. The summed E-state index contributed by atoms with van der Waals surface area (Å²) >= 11 is 0. The monoisotopic (exact) mass is 337 g/mol. The van der Waals surface area contributed by atoms with Crippen LogP contribution in [0.3, 0.4) is 0 Å². The summed E-state index contributed by atoms with van der Waals surface area (Å²) in [6, 6.07) is 11.2. The Morgan fingerprint density at radius 1 is 1.08 bits per heavy atom. The van der Waals surface area contributed by atoms with E-state index < -0.39 is 5.54 Å². The Labute approximate surface area is 148 Å². The van der Waals surface area contributed by atoms with Crippen LogP contribution < -0.4 is 0 Å².